The fourth-order valence-corrected chi connectivity index (χ4v) is 4.32. The van der Waals surface area contributed by atoms with Crippen LogP contribution in [0.25, 0.3) is 0 Å². The van der Waals surface area contributed by atoms with Crippen LogP contribution in [0.5, 0.6) is 0 Å². The van der Waals surface area contributed by atoms with Crippen molar-refractivity contribution in [3.63, 3.8) is 0 Å². The van der Waals surface area contributed by atoms with Gasteiger partial charge in [-0.15, -0.1) is 0 Å². The lowest BCUT2D eigenvalue weighted by Crippen LogP contribution is -2.45. The average molecular weight is 330 g/mol. The highest BCUT2D eigenvalue weighted by Crippen LogP contribution is 2.48. The molecule has 0 bridgehead atoms. The Balaban J connectivity index is 1.60. The van der Waals surface area contributed by atoms with Gasteiger partial charge in [-0.2, -0.15) is 0 Å². The Morgan fingerprint density at radius 2 is 2.17 bits per heavy atom. The molecule has 24 heavy (non-hydrogen) atoms. The van der Waals surface area contributed by atoms with Crippen molar-refractivity contribution >= 4 is 12.0 Å². The van der Waals surface area contributed by atoms with E-state index < -0.39 is 11.4 Å². The Morgan fingerprint density at radius 3 is 2.83 bits per heavy atom. The summed E-state index contributed by atoms with van der Waals surface area (Å²) in [4.78, 5) is 26.0. The molecule has 130 valence electrons. The quantitative estimate of drug-likeness (QED) is 0.892. The summed E-state index contributed by atoms with van der Waals surface area (Å²) in [6, 6.07) is 8.05. The molecule has 2 aliphatic rings. The fraction of sp³-hybridized carbons (Fsp3) is 0.579. The average Bonchev–Trinajstić information content (AvgIpc) is 3.07. The van der Waals surface area contributed by atoms with Gasteiger partial charge in [0, 0.05) is 19.1 Å². The highest BCUT2D eigenvalue weighted by Gasteiger charge is 2.55. The first-order valence-corrected chi connectivity index (χ1v) is 8.76. The normalized spacial score (nSPS) is 26.9. The minimum atomic E-state index is -0.742. The largest absolute Gasteiger partial charge is 0.481 e. The summed E-state index contributed by atoms with van der Waals surface area (Å²) in [5, 5.41) is 12.7. The van der Waals surface area contributed by atoms with Crippen LogP contribution in [-0.2, 0) is 11.2 Å². The number of hydrogen-bond donors (Lipinski definition) is 2. The Kier molecular flexibility index (Phi) is 4.52. The fourth-order valence-electron chi connectivity index (χ4n) is 4.32. The summed E-state index contributed by atoms with van der Waals surface area (Å²) >= 11 is 0. The first kappa shape index (κ1) is 16.8. The van der Waals surface area contributed by atoms with Gasteiger partial charge in [0.1, 0.15) is 0 Å². The second-order valence-electron chi connectivity index (χ2n) is 7.41. The van der Waals surface area contributed by atoms with Gasteiger partial charge in [0.15, 0.2) is 0 Å². The number of amides is 2. The maximum Gasteiger partial charge on any atom is 0.317 e. The van der Waals surface area contributed by atoms with Crippen LogP contribution in [0.15, 0.2) is 24.3 Å². The van der Waals surface area contributed by atoms with Gasteiger partial charge in [-0.25, -0.2) is 4.79 Å². The van der Waals surface area contributed by atoms with E-state index >= 15 is 0 Å². The highest BCUT2D eigenvalue weighted by atomic mass is 16.4. The number of fused-ring (bicyclic) bond motifs is 1. The van der Waals surface area contributed by atoms with Crippen LogP contribution in [0, 0.1) is 18.3 Å². The van der Waals surface area contributed by atoms with Crippen LogP contribution in [0.2, 0.25) is 0 Å². The van der Waals surface area contributed by atoms with Gasteiger partial charge in [0.2, 0.25) is 0 Å². The number of likely N-dealkylation sites (tertiary alicyclic amines) is 1. The van der Waals surface area contributed by atoms with E-state index in [1.54, 1.807) is 4.90 Å². The van der Waals surface area contributed by atoms with Crippen molar-refractivity contribution in [3.05, 3.63) is 35.4 Å². The Bertz CT molecular complexity index is 645. The SMILES string of the molecule is Cc1ccccc1CC(C)NC(=O)N1C[C@@H]2CCC[C@@]2(C(=O)O)C1. The van der Waals surface area contributed by atoms with Crippen LogP contribution < -0.4 is 5.32 Å². The van der Waals surface area contributed by atoms with Gasteiger partial charge in [-0.3, -0.25) is 4.79 Å². The molecule has 3 rings (SSSR count). The Labute approximate surface area is 143 Å². The number of benzene rings is 1. The Morgan fingerprint density at radius 1 is 1.42 bits per heavy atom. The number of carboxylic acids is 1. The number of nitrogens with zero attached hydrogens (tertiary/aromatic N) is 1. The van der Waals surface area contributed by atoms with Gasteiger partial charge in [-0.05, 0) is 50.2 Å². The number of hydrogen-bond acceptors (Lipinski definition) is 2. The zero-order valence-corrected chi connectivity index (χ0v) is 14.4. The summed E-state index contributed by atoms with van der Waals surface area (Å²) in [6.45, 7) is 4.97. The van der Waals surface area contributed by atoms with Crippen molar-refractivity contribution in [2.75, 3.05) is 13.1 Å². The molecular weight excluding hydrogens is 304 g/mol. The van der Waals surface area contributed by atoms with Crippen LogP contribution >= 0.6 is 0 Å². The summed E-state index contributed by atoms with van der Waals surface area (Å²) in [6.07, 6.45) is 3.33. The van der Waals surface area contributed by atoms with E-state index in [0.29, 0.717) is 19.5 Å². The van der Waals surface area contributed by atoms with E-state index in [2.05, 4.69) is 24.4 Å². The van der Waals surface area contributed by atoms with E-state index in [1.165, 1.54) is 11.1 Å². The van der Waals surface area contributed by atoms with E-state index in [1.807, 2.05) is 19.1 Å². The molecule has 0 aromatic heterocycles. The zero-order chi connectivity index (χ0) is 17.3. The van der Waals surface area contributed by atoms with E-state index in [4.69, 9.17) is 0 Å². The molecule has 2 amide bonds. The molecule has 0 spiro atoms. The van der Waals surface area contributed by atoms with Crippen molar-refractivity contribution in [1.29, 1.82) is 0 Å². The van der Waals surface area contributed by atoms with Crippen molar-refractivity contribution in [1.82, 2.24) is 10.2 Å². The molecule has 1 aliphatic heterocycles. The van der Waals surface area contributed by atoms with Crippen LogP contribution in [0.4, 0.5) is 4.79 Å². The lowest BCUT2D eigenvalue weighted by Gasteiger charge is -2.24. The van der Waals surface area contributed by atoms with Crippen molar-refractivity contribution < 1.29 is 14.7 Å². The number of carboxylic acid groups (broad SMARTS) is 1. The van der Waals surface area contributed by atoms with E-state index in [9.17, 15) is 14.7 Å². The molecule has 2 fully saturated rings. The molecule has 1 unspecified atom stereocenters. The molecule has 1 heterocycles. The number of carbonyl (C=O) groups is 2. The maximum absolute atomic E-state index is 12.5. The van der Waals surface area contributed by atoms with Crippen molar-refractivity contribution in [2.24, 2.45) is 11.3 Å². The summed E-state index contributed by atoms with van der Waals surface area (Å²) in [7, 11) is 0. The third-order valence-electron chi connectivity index (χ3n) is 5.74. The molecule has 1 aliphatic carbocycles. The Hall–Kier alpha value is -2.04. The molecule has 1 aromatic carbocycles. The zero-order valence-electron chi connectivity index (χ0n) is 14.4. The van der Waals surface area contributed by atoms with Crippen LogP contribution in [0.1, 0.15) is 37.3 Å². The number of aryl methyl sites for hydroxylation is 1. The maximum atomic E-state index is 12.5. The monoisotopic (exact) mass is 330 g/mol. The van der Waals surface area contributed by atoms with E-state index in [0.717, 1.165) is 19.3 Å². The number of nitrogens with one attached hydrogen (secondary N) is 1. The second kappa shape index (κ2) is 6.46. The minimum Gasteiger partial charge on any atom is -0.481 e. The number of rotatable bonds is 4. The molecule has 5 nitrogen and oxygen atoms in total. The highest BCUT2D eigenvalue weighted by molar-refractivity contribution is 5.80. The van der Waals surface area contributed by atoms with Gasteiger partial charge in [-0.1, -0.05) is 30.7 Å². The summed E-state index contributed by atoms with van der Waals surface area (Å²) < 4.78 is 0. The number of urea groups is 1. The lowest BCUT2D eigenvalue weighted by atomic mass is 9.81. The number of aliphatic carboxylic acids is 1. The van der Waals surface area contributed by atoms with Crippen molar-refractivity contribution in [3.8, 4) is 0 Å². The lowest BCUT2D eigenvalue weighted by molar-refractivity contribution is -0.149. The predicted octanol–water partition coefficient (Wildman–Crippen LogP) is 2.82. The molecule has 5 heteroatoms. The first-order valence-electron chi connectivity index (χ1n) is 8.76. The van der Waals surface area contributed by atoms with Crippen molar-refractivity contribution in [2.45, 2.75) is 45.6 Å². The third-order valence-corrected chi connectivity index (χ3v) is 5.74. The first-order chi connectivity index (χ1) is 11.4. The van der Waals surface area contributed by atoms with Crippen LogP contribution in [-0.4, -0.2) is 41.1 Å². The summed E-state index contributed by atoms with van der Waals surface area (Å²) in [5.41, 5.74) is 1.74. The summed E-state index contributed by atoms with van der Waals surface area (Å²) in [5.74, 6) is -0.638. The van der Waals surface area contributed by atoms with Gasteiger partial charge in [0.05, 0.1) is 5.41 Å². The topological polar surface area (TPSA) is 69.6 Å². The minimum absolute atomic E-state index is 0.0137. The molecular formula is C19H26N2O3. The molecule has 1 aromatic rings. The second-order valence-corrected chi connectivity index (χ2v) is 7.41. The van der Waals surface area contributed by atoms with Gasteiger partial charge >= 0.3 is 12.0 Å². The standard InChI is InChI=1S/C19H26N2O3/c1-13-6-3-4-7-15(13)10-14(2)20-18(24)21-11-16-8-5-9-19(16,12-21)17(22)23/h3-4,6-7,14,16H,5,8-12H2,1-2H3,(H,20,24)(H,22,23)/t14?,16-,19+/m0/s1. The molecule has 1 saturated heterocycles. The van der Waals surface area contributed by atoms with Gasteiger partial charge < -0.3 is 15.3 Å². The third kappa shape index (κ3) is 2.99. The molecule has 1 saturated carbocycles. The smallest absolute Gasteiger partial charge is 0.317 e. The number of carbonyl (C=O) groups excluding carboxylic acids is 1. The van der Waals surface area contributed by atoms with E-state index in [-0.39, 0.29) is 18.0 Å². The predicted molar refractivity (Wildman–Crippen MR) is 91.9 cm³/mol. The molecule has 2 N–H and O–H groups in total. The van der Waals surface area contributed by atoms with Crippen LogP contribution in [0.3, 0.4) is 0 Å². The molecule has 3 atom stereocenters. The van der Waals surface area contributed by atoms with Gasteiger partial charge in [0.25, 0.3) is 0 Å². The molecule has 0 radical (unpaired) electrons.